The Bertz CT molecular complexity index is 1600. The smallest absolute Gasteiger partial charge is 0.332 e. The number of allylic oxidation sites excluding steroid dienone is 6. The van der Waals surface area contributed by atoms with E-state index < -0.39 is 11.2 Å². The number of fused-ring (bicyclic) bond motifs is 1. The Kier molecular flexibility index (Phi) is 7.01. The lowest BCUT2D eigenvalue weighted by molar-refractivity contribution is -0.0294. The predicted molar refractivity (Wildman–Crippen MR) is 147 cm³/mol. The maximum absolute atomic E-state index is 13.7. The minimum Gasteiger partial charge on any atom is -0.477 e. The fraction of sp³-hybridized carbons (Fsp3) is 0.517. The van der Waals surface area contributed by atoms with Gasteiger partial charge in [0.1, 0.15) is 11.9 Å². The highest BCUT2D eigenvalue weighted by Crippen LogP contribution is 2.43. The van der Waals surface area contributed by atoms with E-state index >= 15 is 0 Å². The molecule has 0 radical (unpaired) electrons. The van der Waals surface area contributed by atoms with Crippen molar-refractivity contribution in [2.75, 3.05) is 6.61 Å². The van der Waals surface area contributed by atoms with Gasteiger partial charge >= 0.3 is 5.69 Å². The van der Waals surface area contributed by atoms with Gasteiger partial charge in [0.2, 0.25) is 0 Å². The zero-order chi connectivity index (χ0) is 27.0. The van der Waals surface area contributed by atoms with Crippen LogP contribution in [0, 0.1) is 5.41 Å². The van der Waals surface area contributed by atoms with Crippen LogP contribution >= 0.6 is 0 Å². The van der Waals surface area contributed by atoms with Crippen molar-refractivity contribution in [2.45, 2.75) is 85.5 Å². The van der Waals surface area contributed by atoms with Crippen molar-refractivity contribution in [1.82, 2.24) is 18.7 Å². The Hall–Kier alpha value is -3.64. The van der Waals surface area contributed by atoms with Gasteiger partial charge in [0, 0.05) is 48.4 Å². The van der Waals surface area contributed by atoms with Crippen LogP contribution < -0.4 is 11.2 Å². The first kappa shape index (κ1) is 26.0. The summed E-state index contributed by atoms with van der Waals surface area (Å²) >= 11 is 0. The third-order valence-electron chi connectivity index (χ3n) is 7.80. The second-order valence-electron chi connectivity index (χ2n) is 10.8. The molecule has 1 atom stereocenters. The highest BCUT2D eigenvalue weighted by atomic mass is 16.5. The molecule has 200 valence electrons. The Labute approximate surface area is 221 Å². The van der Waals surface area contributed by atoms with Gasteiger partial charge in [0.25, 0.3) is 5.56 Å². The predicted octanol–water partition coefficient (Wildman–Crippen LogP) is 3.70. The average Bonchev–Trinajstić information content (AvgIpc) is 3.26. The number of aryl methyl sites for hydroxylation is 1. The van der Waals surface area contributed by atoms with Crippen LogP contribution in [0.1, 0.15) is 65.6 Å². The highest BCUT2D eigenvalue weighted by Gasteiger charge is 2.41. The van der Waals surface area contributed by atoms with E-state index in [1.165, 1.54) is 9.13 Å². The molecule has 5 rings (SSSR count). The summed E-state index contributed by atoms with van der Waals surface area (Å²) in [5, 5.41) is 9.35. The average molecular weight is 518 g/mol. The monoisotopic (exact) mass is 517 g/mol. The summed E-state index contributed by atoms with van der Waals surface area (Å²) < 4.78 is 10.9. The molecule has 3 heterocycles. The van der Waals surface area contributed by atoms with Gasteiger partial charge in [-0.2, -0.15) is 0 Å². The van der Waals surface area contributed by atoms with Gasteiger partial charge in [-0.1, -0.05) is 31.4 Å². The Morgan fingerprint density at radius 1 is 1.21 bits per heavy atom. The summed E-state index contributed by atoms with van der Waals surface area (Å²) in [6, 6.07) is 0. The maximum atomic E-state index is 13.7. The lowest BCUT2D eigenvalue weighted by Gasteiger charge is -2.44. The molecule has 2 aromatic rings. The van der Waals surface area contributed by atoms with Gasteiger partial charge in [-0.3, -0.25) is 13.9 Å². The number of hydrogen-bond acceptors (Lipinski definition) is 6. The Balaban J connectivity index is 1.68. The second kappa shape index (κ2) is 10.3. The van der Waals surface area contributed by atoms with Crippen LogP contribution in [0.15, 0.2) is 55.5 Å². The molecule has 3 aliphatic rings. The number of rotatable bonds is 8. The Morgan fingerprint density at radius 2 is 2.03 bits per heavy atom. The minimum absolute atomic E-state index is 0.109. The van der Waals surface area contributed by atoms with Gasteiger partial charge in [-0.25, -0.2) is 14.8 Å². The lowest BCUT2D eigenvalue weighted by Crippen LogP contribution is -2.43. The summed E-state index contributed by atoms with van der Waals surface area (Å²) in [5.74, 6) is 1.37. The number of aliphatic imine (C=N–C) groups is 1. The number of aliphatic hydroxyl groups excluding tert-OH is 1. The van der Waals surface area contributed by atoms with Crippen LogP contribution in [-0.2, 0) is 24.4 Å². The summed E-state index contributed by atoms with van der Waals surface area (Å²) in [4.78, 5) is 36.7. The molecule has 1 aliphatic heterocycles. The number of ether oxygens (including phenoxy) is 1. The molecule has 0 aromatic carbocycles. The lowest BCUT2D eigenvalue weighted by atomic mass is 9.69. The number of hydrogen-bond donors (Lipinski definition) is 1. The van der Waals surface area contributed by atoms with Crippen LogP contribution in [-0.4, -0.2) is 42.4 Å². The summed E-state index contributed by atoms with van der Waals surface area (Å²) in [7, 11) is 0. The van der Waals surface area contributed by atoms with Crippen molar-refractivity contribution in [2.24, 2.45) is 10.4 Å². The van der Waals surface area contributed by atoms with Crippen molar-refractivity contribution < 1.29 is 9.84 Å². The summed E-state index contributed by atoms with van der Waals surface area (Å²) in [5.41, 5.74) is 8.74. The SMILES string of the molecule is CCn1c(=O)n(CCCO)c(=O)c2c1nc(C1=C(C)N=C(OC3CCC3(C)C)CC1)n2CC1=C=C=CC=C1. The molecule has 9 nitrogen and oxygen atoms in total. The molecule has 1 unspecified atom stereocenters. The van der Waals surface area contributed by atoms with Gasteiger partial charge in [0.05, 0.1) is 6.54 Å². The van der Waals surface area contributed by atoms with Crippen LogP contribution in [0.25, 0.3) is 16.7 Å². The van der Waals surface area contributed by atoms with E-state index in [1.807, 2.05) is 30.6 Å². The van der Waals surface area contributed by atoms with E-state index in [0.717, 1.165) is 35.6 Å². The molecule has 1 saturated carbocycles. The van der Waals surface area contributed by atoms with Crippen LogP contribution in [0.3, 0.4) is 0 Å². The first-order valence-corrected chi connectivity index (χ1v) is 13.4. The van der Waals surface area contributed by atoms with E-state index in [0.29, 0.717) is 49.3 Å². The molecule has 9 heteroatoms. The van der Waals surface area contributed by atoms with E-state index in [1.54, 1.807) is 6.08 Å². The minimum atomic E-state index is -0.416. The van der Waals surface area contributed by atoms with Crippen molar-refractivity contribution in [1.29, 1.82) is 0 Å². The summed E-state index contributed by atoms with van der Waals surface area (Å²) in [6.07, 6.45) is 9.59. The van der Waals surface area contributed by atoms with Crippen LogP contribution in [0.4, 0.5) is 0 Å². The van der Waals surface area contributed by atoms with E-state index in [-0.39, 0.29) is 24.7 Å². The molecule has 0 amide bonds. The molecule has 2 aliphatic carbocycles. The second-order valence-corrected chi connectivity index (χ2v) is 10.8. The van der Waals surface area contributed by atoms with Crippen molar-refractivity contribution in [3.63, 3.8) is 0 Å². The van der Waals surface area contributed by atoms with Crippen LogP contribution in [0.5, 0.6) is 0 Å². The van der Waals surface area contributed by atoms with E-state index in [4.69, 9.17) is 14.7 Å². The topological polar surface area (TPSA) is 104 Å². The fourth-order valence-electron chi connectivity index (χ4n) is 5.34. The zero-order valence-corrected chi connectivity index (χ0v) is 22.6. The number of nitrogens with zero attached hydrogens (tertiary/aromatic N) is 5. The molecule has 38 heavy (non-hydrogen) atoms. The molecule has 2 aromatic heterocycles. The highest BCUT2D eigenvalue weighted by molar-refractivity contribution is 5.86. The molecular formula is C29H35N5O4. The number of aliphatic hydroxyl groups is 1. The fourth-order valence-corrected chi connectivity index (χ4v) is 5.34. The normalized spacial score (nSPS) is 20.1. The van der Waals surface area contributed by atoms with Gasteiger partial charge in [-0.15, -0.1) is 0 Å². The third-order valence-corrected chi connectivity index (χ3v) is 7.80. The number of aromatic nitrogens is 4. The maximum Gasteiger partial charge on any atom is 0.332 e. The molecular weight excluding hydrogens is 482 g/mol. The van der Waals surface area contributed by atoms with Gasteiger partial charge < -0.3 is 14.4 Å². The third kappa shape index (κ3) is 4.58. The largest absolute Gasteiger partial charge is 0.477 e. The van der Waals surface area contributed by atoms with E-state index in [2.05, 4.69) is 25.3 Å². The molecule has 1 N–H and O–H groups in total. The van der Waals surface area contributed by atoms with Crippen molar-refractivity contribution >= 4 is 22.6 Å². The van der Waals surface area contributed by atoms with Crippen molar-refractivity contribution in [3.8, 4) is 0 Å². The Morgan fingerprint density at radius 3 is 2.63 bits per heavy atom. The summed E-state index contributed by atoms with van der Waals surface area (Å²) in [6.45, 7) is 8.99. The first-order chi connectivity index (χ1) is 18.2. The molecule has 0 bridgehead atoms. The van der Waals surface area contributed by atoms with Gasteiger partial charge in [-0.05, 0) is 51.7 Å². The standard InChI is InChI=1S/C29H35N5O4/c1-5-32-26-24(27(36)33(28(32)37)16-9-17-35)34(18-20-10-7-6-8-11-20)25(31-26)21-12-13-23(30-19(21)2)38-22-14-15-29(22,3)4/h6-7,10,22,35H,5,9,12-18H2,1-4H3. The van der Waals surface area contributed by atoms with Crippen LogP contribution in [0.2, 0.25) is 0 Å². The first-order valence-electron chi connectivity index (χ1n) is 13.4. The zero-order valence-electron chi connectivity index (χ0n) is 22.6. The molecule has 0 spiro atoms. The quantitative estimate of drug-likeness (QED) is 0.538. The van der Waals surface area contributed by atoms with Gasteiger partial charge in [0.15, 0.2) is 17.1 Å². The molecule has 1 fully saturated rings. The molecule has 0 saturated heterocycles. The number of imidazole rings is 1. The van der Waals surface area contributed by atoms with Crippen molar-refractivity contribution in [3.05, 3.63) is 67.6 Å². The van der Waals surface area contributed by atoms with E-state index in [9.17, 15) is 14.7 Å².